The van der Waals surface area contributed by atoms with Crippen molar-refractivity contribution in [1.82, 2.24) is 4.72 Å². The molecular weight excluding hydrogens is 288 g/mol. The van der Waals surface area contributed by atoms with Gasteiger partial charge in [0.25, 0.3) is 0 Å². The van der Waals surface area contributed by atoms with Gasteiger partial charge in [-0.2, -0.15) is 0 Å². The van der Waals surface area contributed by atoms with E-state index in [9.17, 15) is 13.5 Å². The monoisotopic (exact) mass is 312 g/mol. The molecule has 0 unspecified atom stereocenters. The average molecular weight is 312 g/mol. The maximum atomic E-state index is 12.0. The number of anilines is 1. The molecule has 0 aliphatic carbocycles. The number of nitrogens with one attached hydrogen (secondary N) is 1. The highest BCUT2D eigenvalue weighted by Crippen LogP contribution is 2.26. The number of hydrogen-bond acceptors (Lipinski definition) is 4. The van der Waals surface area contributed by atoms with Crippen LogP contribution in [-0.4, -0.2) is 38.8 Å². The normalized spacial score (nSPS) is 18.7. The number of hydrogen-bond donors (Lipinski definition) is 2. The summed E-state index contributed by atoms with van der Waals surface area (Å²) in [7, 11) is -3.40. The highest BCUT2D eigenvalue weighted by Gasteiger charge is 2.27. The van der Waals surface area contributed by atoms with Crippen molar-refractivity contribution in [3.05, 3.63) is 24.3 Å². The first-order valence-electron chi connectivity index (χ1n) is 7.41. The Bertz CT molecular complexity index is 557. The third-order valence-corrected chi connectivity index (χ3v) is 5.37. The van der Waals surface area contributed by atoms with Crippen LogP contribution < -0.4 is 9.62 Å². The van der Waals surface area contributed by atoms with Crippen LogP contribution in [0.3, 0.4) is 0 Å². The average Bonchev–Trinajstić information content (AvgIpc) is 2.45. The fourth-order valence-corrected chi connectivity index (χ4v) is 3.54. The summed E-state index contributed by atoms with van der Waals surface area (Å²) in [5.41, 5.74) is 0.420. The van der Waals surface area contributed by atoms with Gasteiger partial charge in [-0.05, 0) is 50.5 Å². The van der Waals surface area contributed by atoms with Crippen molar-refractivity contribution in [2.75, 3.05) is 24.5 Å². The SMILES string of the molecule is CCCNS(=O)(=O)c1ccc(N2CCC(C)(O)CC2)cc1. The summed E-state index contributed by atoms with van der Waals surface area (Å²) in [6.07, 6.45) is 2.22. The van der Waals surface area contributed by atoms with Crippen molar-refractivity contribution < 1.29 is 13.5 Å². The van der Waals surface area contributed by atoms with E-state index in [1.807, 2.05) is 26.0 Å². The molecule has 0 saturated carbocycles. The van der Waals surface area contributed by atoms with Crippen LogP contribution in [0.15, 0.2) is 29.2 Å². The minimum Gasteiger partial charge on any atom is -0.390 e. The van der Waals surface area contributed by atoms with Gasteiger partial charge in [-0.15, -0.1) is 0 Å². The Balaban J connectivity index is 2.06. The number of nitrogens with zero attached hydrogens (tertiary/aromatic N) is 1. The van der Waals surface area contributed by atoms with E-state index in [0.29, 0.717) is 11.4 Å². The molecule has 0 spiro atoms. The smallest absolute Gasteiger partial charge is 0.240 e. The van der Waals surface area contributed by atoms with E-state index < -0.39 is 15.6 Å². The molecule has 6 heteroatoms. The minimum atomic E-state index is -3.40. The molecule has 1 fully saturated rings. The highest BCUT2D eigenvalue weighted by atomic mass is 32.2. The molecule has 1 heterocycles. The molecule has 1 aromatic rings. The Hall–Kier alpha value is -1.11. The quantitative estimate of drug-likeness (QED) is 0.869. The molecule has 1 aliphatic rings. The van der Waals surface area contributed by atoms with Gasteiger partial charge in [0.05, 0.1) is 10.5 Å². The lowest BCUT2D eigenvalue weighted by molar-refractivity contribution is 0.0351. The molecular formula is C15H24N2O3S. The van der Waals surface area contributed by atoms with Crippen molar-refractivity contribution in [2.24, 2.45) is 0 Å². The Morgan fingerprint density at radius 1 is 1.24 bits per heavy atom. The molecule has 2 N–H and O–H groups in total. The first kappa shape index (κ1) is 16.3. The topological polar surface area (TPSA) is 69.6 Å². The molecule has 0 atom stereocenters. The Morgan fingerprint density at radius 2 is 1.81 bits per heavy atom. The summed E-state index contributed by atoms with van der Waals surface area (Å²) in [4.78, 5) is 2.47. The standard InChI is InChI=1S/C15H24N2O3S/c1-3-10-16-21(19,20)14-6-4-13(5-7-14)17-11-8-15(2,18)9-12-17/h4-7,16,18H,3,8-12H2,1-2H3. The second kappa shape index (κ2) is 6.34. The molecule has 21 heavy (non-hydrogen) atoms. The van der Waals surface area contributed by atoms with E-state index in [1.54, 1.807) is 12.1 Å². The van der Waals surface area contributed by atoms with Gasteiger partial charge in [-0.25, -0.2) is 13.1 Å². The van der Waals surface area contributed by atoms with Gasteiger partial charge < -0.3 is 10.0 Å². The fourth-order valence-electron chi connectivity index (χ4n) is 2.40. The fraction of sp³-hybridized carbons (Fsp3) is 0.600. The van der Waals surface area contributed by atoms with Gasteiger partial charge in [-0.3, -0.25) is 0 Å². The highest BCUT2D eigenvalue weighted by molar-refractivity contribution is 7.89. The molecule has 0 radical (unpaired) electrons. The summed E-state index contributed by atoms with van der Waals surface area (Å²) in [6, 6.07) is 6.95. The van der Waals surface area contributed by atoms with Gasteiger partial charge in [0.2, 0.25) is 10.0 Å². The van der Waals surface area contributed by atoms with Crippen molar-refractivity contribution >= 4 is 15.7 Å². The number of benzene rings is 1. The lowest BCUT2D eigenvalue weighted by Crippen LogP contribution is -2.42. The Morgan fingerprint density at radius 3 is 2.33 bits per heavy atom. The zero-order valence-corrected chi connectivity index (χ0v) is 13.5. The van der Waals surface area contributed by atoms with E-state index in [0.717, 1.165) is 38.0 Å². The minimum absolute atomic E-state index is 0.295. The van der Waals surface area contributed by atoms with Crippen LogP contribution in [0.25, 0.3) is 0 Å². The first-order valence-corrected chi connectivity index (χ1v) is 8.89. The second-order valence-corrected chi connectivity index (χ2v) is 7.64. The maximum absolute atomic E-state index is 12.0. The zero-order chi connectivity index (χ0) is 15.5. The number of aliphatic hydroxyl groups is 1. The number of piperidine rings is 1. The zero-order valence-electron chi connectivity index (χ0n) is 12.7. The van der Waals surface area contributed by atoms with Crippen molar-refractivity contribution in [1.29, 1.82) is 0 Å². The third kappa shape index (κ3) is 4.18. The molecule has 1 aliphatic heterocycles. The van der Waals surface area contributed by atoms with E-state index >= 15 is 0 Å². The third-order valence-electron chi connectivity index (χ3n) is 3.89. The largest absolute Gasteiger partial charge is 0.390 e. The van der Waals surface area contributed by atoms with Gasteiger partial charge in [0.15, 0.2) is 0 Å². The predicted molar refractivity (Wildman–Crippen MR) is 84.0 cm³/mol. The van der Waals surface area contributed by atoms with Crippen LogP contribution in [0.1, 0.15) is 33.1 Å². The van der Waals surface area contributed by atoms with Crippen LogP contribution in [0.5, 0.6) is 0 Å². The van der Waals surface area contributed by atoms with Gasteiger partial charge in [0, 0.05) is 25.3 Å². The molecule has 1 saturated heterocycles. The second-order valence-electron chi connectivity index (χ2n) is 5.88. The van der Waals surface area contributed by atoms with Crippen molar-refractivity contribution in [3.8, 4) is 0 Å². The van der Waals surface area contributed by atoms with E-state index in [-0.39, 0.29) is 0 Å². The van der Waals surface area contributed by atoms with Gasteiger partial charge in [0.1, 0.15) is 0 Å². The van der Waals surface area contributed by atoms with Crippen molar-refractivity contribution in [3.63, 3.8) is 0 Å². The predicted octanol–water partition coefficient (Wildman–Crippen LogP) is 1.73. The van der Waals surface area contributed by atoms with Crippen LogP contribution in [0, 0.1) is 0 Å². The summed E-state index contributed by atoms with van der Waals surface area (Å²) in [6.45, 7) is 5.81. The molecule has 0 aromatic heterocycles. The van der Waals surface area contributed by atoms with Crippen LogP contribution in [0.4, 0.5) is 5.69 Å². The van der Waals surface area contributed by atoms with E-state index in [2.05, 4.69) is 9.62 Å². The summed E-state index contributed by atoms with van der Waals surface area (Å²) in [5, 5.41) is 9.96. The molecule has 1 aromatic carbocycles. The Labute approximate surface area is 127 Å². The number of rotatable bonds is 5. The molecule has 5 nitrogen and oxygen atoms in total. The van der Waals surface area contributed by atoms with Crippen molar-refractivity contribution in [2.45, 2.75) is 43.6 Å². The summed E-state index contributed by atoms with van der Waals surface area (Å²) >= 11 is 0. The van der Waals surface area contributed by atoms with E-state index in [1.165, 1.54) is 0 Å². The van der Waals surface area contributed by atoms with Gasteiger partial charge >= 0.3 is 0 Å². The Kier molecular flexibility index (Phi) is 4.91. The van der Waals surface area contributed by atoms with Gasteiger partial charge in [-0.1, -0.05) is 6.92 Å². The lowest BCUT2D eigenvalue weighted by atomic mass is 9.93. The summed E-state index contributed by atoms with van der Waals surface area (Å²) < 4.78 is 26.6. The summed E-state index contributed by atoms with van der Waals surface area (Å²) in [5.74, 6) is 0. The van der Waals surface area contributed by atoms with Crippen LogP contribution >= 0.6 is 0 Å². The molecule has 0 bridgehead atoms. The van der Waals surface area contributed by atoms with Crippen LogP contribution in [-0.2, 0) is 10.0 Å². The molecule has 2 rings (SSSR count). The molecule has 0 amide bonds. The molecule has 118 valence electrons. The van der Waals surface area contributed by atoms with Crippen LogP contribution in [0.2, 0.25) is 0 Å². The number of sulfonamides is 1. The van der Waals surface area contributed by atoms with E-state index in [4.69, 9.17) is 0 Å². The first-order chi connectivity index (χ1) is 9.84. The lowest BCUT2D eigenvalue weighted by Gasteiger charge is -2.37. The maximum Gasteiger partial charge on any atom is 0.240 e.